The number of anilines is 1. The third kappa shape index (κ3) is 6.24. The van der Waals surface area contributed by atoms with Crippen LogP contribution in [0.25, 0.3) is 0 Å². The third-order valence-corrected chi connectivity index (χ3v) is 4.60. The molecule has 1 aromatic heterocycles. The van der Waals surface area contributed by atoms with Crippen molar-refractivity contribution < 1.29 is 13.9 Å². The molecule has 0 atom stereocenters. The van der Waals surface area contributed by atoms with Crippen molar-refractivity contribution in [3.63, 3.8) is 0 Å². The molecule has 0 aliphatic heterocycles. The van der Waals surface area contributed by atoms with Crippen LogP contribution in [0, 0.1) is 17.2 Å². The minimum absolute atomic E-state index is 0.189. The molecule has 2 rings (SSSR count). The Labute approximate surface area is 172 Å². The average Bonchev–Trinajstić information content (AvgIpc) is 3.12. The molecular formula is C22H30N4O3. The fraction of sp³-hybridized carbons (Fsp3) is 0.500. The van der Waals surface area contributed by atoms with Gasteiger partial charge in [-0.3, -0.25) is 0 Å². The third-order valence-electron chi connectivity index (χ3n) is 4.60. The largest absolute Gasteiger partial charge is 0.493 e. The van der Waals surface area contributed by atoms with Gasteiger partial charge in [-0.05, 0) is 48.9 Å². The summed E-state index contributed by atoms with van der Waals surface area (Å²) in [5.74, 6) is 2.94. The van der Waals surface area contributed by atoms with Gasteiger partial charge in [-0.15, -0.1) is 0 Å². The lowest BCUT2D eigenvalue weighted by Crippen LogP contribution is -2.03. The Morgan fingerprint density at radius 2 is 2.03 bits per heavy atom. The van der Waals surface area contributed by atoms with Crippen LogP contribution in [0.5, 0.6) is 11.5 Å². The quantitative estimate of drug-likeness (QED) is 0.406. The highest BCUT2D eigenvalue weighted by atomic mass is 16.5. The maximum Gasteiger partial charge on any atom is 0.252 e. The zero-order chi connectivity index (χ0) is 21.2. The number of methoxy groups -OCH3 is 1. The summed E-state index contributed by atoms with van der Waals surface area (Å²) in [6, 6.07) is 7.64. The topological polar surface area (TPSA) is 92.7 Å². The van der Waals surface area contributed by atoms with Gasteiger partial charge in [0.2, 0.25) is 11.6 Å². The van der Waals surface area contributed by atoms with Gasteiger partial charge >= 0.3 is 0 Å². The molecule has 0 saturated heterocycles. The summed E-state index contributed by atoms with van der Waals surface area (Å²) >= 11 is 0. The number of nitriles is 1. The molecule has 7 nitrogen and oxygen atoms in total. The van der Waals surface area contributed by atoms with Gasteiger partial charge in [0.1, 0.15) is 6.07 Å². The van der Waals surface area contributed by atoms with Crippen molar-refractivity contribution in [3.8, 4) is 17.6 Å². The van der Waals surface area contributed by atoms with Crippen molar-refractivity contribution in [2.45, 2.75) is 52.9 Å². The number of nitrogens with one attached hydrogen (secondary N) is 1. The van der Waals surface area contributed by atoms with Crippen molar-refractivity contribution in [2.24, 2.45) is 11.0 Å². The standard InChI is InChI=1S/C22H30N4O3/c1-6-17(7-2)21-25-18(13-23)22(29-21)26-24-14-16-8-9-19(20(12-16)27-5)28-11-10-15(3)4/h8-9,12,14-15,17,26H,6-7,10-11H2,1-5H3/b24-14+. The molecule has 0 fully saturated rings. The van der Waals surface area contributed by atoms with E-state index < -0.39 is 0 Å². The Kier molecular flexibility index (Phi) is 8.53. The minimum atomic E-state index is 0.189. The van der Waals surface area contributed by atoms with E-state index >= 15 is 0 Å². The van der Waals surface area contributed by atoms with Gasteiger partial charge < -0.3 is 13.9 Å². The zero-order valence-corrected chi connectivity index (χ0v) is 17.9. The van der Waals surface area contributed by atoms with Crippen LogP contribution in [-0.2, 0) is 0 Å². The van der Waals surface area contributed by atoms with E-state index in [0.717, 1.165) is 24.8 Å². The second-order valence-electron chi connectivity index (χ2n) is 7.17. The van der Waals surface area contributed by atoms with Crippen LogP contribution < -0.4 is 14.9 Å². The van der Waals surface area contributed by atoms with Gasteiger partial charge in [0, 0.05) is 5.92 Å². The molecule has 0 aliphatic rings. The van der Waals surface area contributed by atoms with Gasteiger partial charge in [-0.2, -0.15) is 10.4 Å². The first kappa shape index (κ1) is 22.3. The van der Waals surface area contributed by atoms with Crippen LogP contribution in [-0.4, -0.2) is 24.9 Å². The van der Waals surface area contributed by atoms with Crippen molar-refractivity contribution >= 4 is 12.1 Å². The van der Waals surface area contributed by atoms with Crippen LogP contribution in [0.3, 0.4) is 0 Å². The first-order valence-corrected chi connectivity index (χ1v) is 10.0. The zero-order valence-electron chi connectivity index (χ0n) is 17.9. The normalized spacial score (nSPS) is 11.2. The molecule has 156 valence electrons. The van der Waals surface area contributed by atoms with Crippen LogP contribution in [0.15, 0.2) is 27.7 Å². The molecule has 1 N–H and O–H groups in total. The first-order valence-electron chi connectivity index (χ1n) is 10.0. The van der Waals surface area contributed by atoms with Crippen molar-refractivity contribution in [2.75, 3.05) is 19.1 Å². The van der Waals surface area contributed by atoms with E-state index in [1.807, 2.05) is 24.3 Å². The number of aromatic nitrogens is 1. The summed E-state index contributed by atoms with van der Waals surface area (Å²) in [6.45, 7) is 9.10. The summed E-state index contributed by atoms with van der Waals surface area (Å²) in [4.78, 5) is 4.28. The van der Waals surface area contributed by atoms with Gasteiger partial charge in [0.25, 0.3) is 5.88 Å². The number of nitrogens with zero attached hydrogens (tertiary/aromatic N) is 3. The molecule has 0 saturated carbocycles. The summed E-state index contributed by atoms with van der Waals surface area (Å²) in [6.07, 6.45) is 4.40. The molecule has 0 spiro atoms. The van der Waals surface area contributed by atoms with E-state index in [0.29, 0.717) is 29.9 Å². The highest BCUT2D eigenvalue weighted by Crippen LogP contribution is 2.29. The highest BCUT2D eigenvalue weighted by molar-refractivity contribution is 5.81. The van der Waals surface area contributed by atoms with E-state index in [2.05, 4.69) is 43.2 Å². The summed E-state index contributed by atoms with van der Waals surface area (Å²) < 4.78 is 16.9. The van der Waals surface area contributed by atoms with Gasteiger partial charge in [0.05, 0.1) is 19.9 Å². The molecular weight excluding hydrogens is 368 g/mol. The number of benzene rings is 1. The molecule has 0 radical (unpaired) electrons. The number of rotatable bonds is 11. The van der Waals surface area contributed by atoms with E-state index in [1.165, 1.54) is 0 Å². The molecule has 7 heteroatoms. The first-order chi connectivity index (χ1) is 14.0. The number of ether oxygens (including phenoxy) is 2. The van der Waals surface area contributed by atoms with Crippen LogP contribution in [0.2, 0.25) is 0 Å². The molecule has 0 bridgehead atoms. The lowest BCUT2D eigenvalue weighted by atomic mass is 10.0. The molecule has 0 amide bonds. The van der Waals surface area contributed by atoms with Crippen LogP contribution >= 0.6 is 0 Å². The van der Waals surface area contributed by atoms with Crippen molar-refractivity contribution in [3.05, 3.63) is 35.3 Å². The van der Waals surface area contributed by atoms with Crippen LogP contribution in [0.4, 0.5) is 5.88 Å². The summed E-state index contributed by atoms with van der Waals surface area (Å²) in [7, 11) is 1.61. The lowest BCUT2D eigenvalue weighted by molar-refractivity contribution is 0.273. The summed E-state index contributed by atoms with van der Waals surface area (Å²) in [5.41, 5.74) is 3.81. The van der Waals surface area contributed by atoms with Crippen LogP contribution in [0.1, 0.15) is 70.0 Å². The van der Waals surface area contributed by atoms with Gasteiger partial charge in [-0.25, -0.2) is 10.4 Å². The fourth-order valence-corrected chi connectivity index (χ4v) is 2.75. The lowest BCUT2D eigenvalue weighted by Gasteiger charge is -2.12. The predicted molar refractivity (Wildman–Crippen MR) is 114 cm³/mol. The minimum Gasteiger partial charge on any atom is -0.493 e. The van der Waals surface area contributed by atoms with Gasteiger partial charge in [-0.1, -0.05) is 27.7 Å². The number of hydrogen-bond acceptors (Lipinski definition) is 7. The summed E-state index contributed by atoms with van der Waals surface area (Å²) in [5, 5.41) is 13.5. The Balaban J connectivity index is 2.07. The number of hydrazone groups is 1. The average molecular weight is 399 g/mol. The maximum absolute atomic E-state index is 9.28. The SMILES string of the molecule is CCC(CC)c1nc(C#N)c(N/N=C/c2ccc(OCCC(C)C)c(OC)c2)o1. The van der Waals surface area contributed by atoms with E-state index in [4.69, 9.17) is 13.9 Å². The van der Waals surface area contributed by atoms with Crippen molar-refractivity contribution in [1.29, 1.82) is 5.26 Å². The monoisotopic (exact) mass is 398 g/mol. The Morgan fingerprint density at radius 3 is 2.66 bits per heavy atom. The molecule has 2 aromatic rings. The second-order valence-corrected chi connectivity index (χ2v) is 7.17. The number of hydrogen-bond donors (Lipinski definition) is 1. The van der Waals surface area contributed by atoms with Gasteiger partial charge in [0.15, 0.2) is 11.5 Å². The molecule has 0 unspecified atom stereocenters. The molecule has 29 heavy (non-hydrogen) atoms. The Bertz CT molecular complexity index is 848. The molecule has 1 heterocycles. The smallest absolute Gasteiger partial charge is 0.252 e. The highest BCUT2D eigenvalue weighted by Gasteiger charge is 2.18. The molecule has 1 aromatic carbocycles. The Hall–Kier alpha value is -3.01. The number of oxazole rings is 1. The maximum atomic E-state index is 9.28. The predicted octanol–water partition coefficient (Wildman–Crippen LogP) is 5.33. The fourth-order valence-electron chi connectivity index (χ4n) is 2.75. The van der Waals surface area contributed by atoms with E-state index in [1.54, 1.807) is 13.3 Å². The molecule has 0 aliphatic carbocycles. The van der Waals surface area contributed by atoms with E-state index in [-0.39, 0.29) is 17.5 Å². The second kappa shape index (κ2) is 11.1. The van der Waals surface area contributed by atoms with E-state index in [9.17, 15) is 5.26 Å². The van der Waals surface area contributed by atoms with Crippen molar-refractivity contribution in [1.82, 2.24) is 4.98 Å². The Morgan fingerprint density at radius 1 is 1.28 bits per heavy atom.